The fraction of sp³-hybridized carbons (Fsp3) is 0. The third kappa shape index (κ3) is 3.40. The molecule has 10 aromatic rings. The molecule has 0 aliphatic carbocycles. The summed E-state index contributed by atoms with van der Waals surface area (Å²) in [6, 6.07) is 55.3. The molecule has 220 valence electrons. The van der Waals surface area contributed by atoms with Gasteiger partial charge in [0.15, 0.2) is 5.82 Å². The number of rotatable bonds is 2. The summed E-state index contributed by atoms with van der Waals surface area (Å²) >= 11 is 0. The Balaban J connectivity index is 1.16. The van der Waals surface area contributed by atoms with Gasteiger partial charge < -0.3 is 9.30 Å². The molecule has 3 heterocycles. The highest BCUT2D eigenvalue weighted by Crippen LogP contribution is 2.46. The number of benzene rings is 7. The number of fused-ring (bicyclic) bond motifs is 12. The number of hydrogen-bond donors (Lipinski definition) is 0. The van der Waals surface area contributed by atoms with Crippen molar-refractivity contribution in [2.75, 3.05) is 0 Å². The van der Waals surface area contributed by atoms with Gasteiger partial charge in [0.25, 0.3) is 0 Å². The highest BCUT2D eigenvalue weighted by Gasteiger charge is 2.24. The van der Waals surface area contributed by atoms with Gasteiger partial charge in [-0.15, -0.1) is 0 Å². The van der Waals surface area contributed by atoms with E-state index in [9.17, 15) is 0 Å². The first-order valence-corrected chi connectivity index (χ1v) is 16.1. The van der Waals surface area contributed by atoms with Crippen LogP contribution >= 0.6 is 0 Å². The predicted molar refractivity (Wildman–Crippen MR) is 195 cm³/mol. The normalized spacial score (nSPS) is 12.2. The molecule has 48 heavy (non-hydrogen) atoms. The minimum absolute atomic E-state index is 0.692. The lowest BCUT2D eigenvalue weighted by atomic mass is 9.93. The van der Waals surface area contributed by atoms with Gasteiger partial charge in [-0.25, -0.2) is 9.97 Å². The van der Waals surface area contributed by atoms with Crippen LogP contribution in [-0.2, 0) is 0 Å². The Bertz CT molecular complexity index is 2970. The van der Waals surface area contributed by atoms with Crippen LogP contribution in [0.25, 0.3) is 93.4 Å². The van der Waals surface area contributed by atoms with Gasteiger partial charge in [-0.05, 0) is 94.3 Å². The van der Waals surface area contributed by atoms with Crippen LogP contribution in [0.4, 0.5) is 0 Å². The van der Waals surface area contributed by atoms with Gasteiger partial charge in [0, 0.05) is 38.4 Å². The number of para-hydroxylation sites is 2. The van der Waals surface area contributed by atoms with Crippen LogP contribution in [0, 0.1) is 12.1 Å². The summed E-state index contributed by atoms with van der Waals surface area (Å²) in [5.74, 6) is 2.30. The van der Waals surface area contributed by atoms with Crippen molar-refractivity contribution in [3.8, 4) is 39.8 Å². The Morgan fingerprint density at radius 2 is 1.33 bits per heavy atom. The minimum atomic E-state index is 0.692. The Labute approximate surface area is 275 Å². The zero-order valence-corrected chi connectivity index (χ0v) is 25.5. The van der Waals surface area contributed by atoms with E-state index < -0.39 is 0 Å². The van der Waals surface area contributed by atoms with Gasteiger partial charge in [-0.2, -0.15) is 0 Å². The van der Waals surface area contributed by atoms with Crippen LogP contribution in [0.5, 0.6) is 11.5 Å². The van der Waals surface area contributed by atoms with E-state index >= 15 is 0 Å². The van der Waals surface area contributed by atoms with Crippen molar-refractivity contribution in [2.45, 2.75) is 0 Å². The molecule has 1 aliphatic heterocycles. The molecule has 4 nitrogen and oxygen atoms in total. The molecule has 0 saturated carbocycles. The standard InChI is InChI=1S/C44H23N3O/c1-2-11-29-26(10-1)22-25-34-39(29)30-12-3-4-13-31(30)43-40(34)32-14-5-7-17-36(32)47(43)28-23-20-27(21-24-28)44-45-35-16-9-19-38-41(35)42(46-44)33-15-6-8-18-37(33)48-38/h2-9,11-25H. The monoisotopic (exact) mass is 609 g/mol. The zero-order valence-electron chi connectivity index (χ0n) is 25.5. The van der Waals surface area contributed by atoms with E-state index in [2.05, 4.69) is 114 Å². The molecule has 4 heteroatoms. The van der Waals surface area contributed by atoms with Crippen molar-refractivity contribution in [3.63, 3.8) is 0 Å². The number of aromatic nitrogens is 3. The fourth-order valence-electron chi connectivity index (χ4n) is 7.78. The first-order valence-electron chi connectivity index (χ1n) is 16.1. The predicted octanol–water partition coefficient (Wildman–Crippen LogP) is 11.2. The smallest absolute Gasteiger partial charge is 0.160 e. The van der Waals surface area contributed by atoms with Crippen molar-refractivity contribution in [3.05, 3.63) is 152 Å². The topological polar surface area (TPSA) is 39.9 Å². The Hall–Kier alpha value is -6.70. The van der Waals surface area contributed by atoms with Crippen LogP contribution in [0.2, 0.25) is 0 Å². The molecule has 0 fully saturated rings. The molecule has 0 unspecified atom stereocenters. The second kappa shape index (κ2) is 9.42. The largest absolute Gasteiger partial charge is 0.456 e. The summed E-state index contributed by atoms with van der Waals surface area (Å²) < 4.78 is 8.63. The average Bonchev–Trinajstić information content (AvgIpc) is 3.50. The highest BCUT2D eigenvalue weighted by molar-refractivity contribution is 6.36. The first kappa shape index (κ1) is 25.5. The molecule has 0 saturated heterocycles. The molecule has 11 rings (SSSR count). The van der Waals surface area contributed by atoms with Gasteiger partial charge in [-0.3, -0.25) is 0 Å². The van der Waals surface area contributed by atoms with Crippen molar-refractivity contribution in [1.29, 1.82) is 0 Å². The molecule has 0 amide bonds. The number of hydrogen-bond acceptors (Lipinski definition) is 3. The average molecular weight is 610 g/mol. The third-order valence-corrected chi connectivity index (χ3v) is 9.81. The van der Waals surface area contributed by atoms with Gasteiger partial charge in [-0.1, -0.05) is 78.9 Å². The summed E-state index contributed by atoms with van der Waals surface area (Å²) in [6.07, 6.45) is 0. The number of ether oxygens (including phenoxy) is 1. The maximum atomic E-state index is 6.22. The minimum Gasteiger partial charge on any atom is -0.456 e. The molecular formula is C44H23N3O. The van der Waals surface area contributed by atoms with Crippen LogP contribution in [0.1, 0.15) is 0 Å². The van der Waals surface area contributed by atoms with E-state index in [4.69, 9.17) is 14.7 Å². The molecule has 2 aromatic heterocycles. The van der Waals surface area contributed by atoms with Crippen LogP contribution in [-0.4, -0.2) is 14.5 Å². The van der Waals surface area contributed by atoms with E-state index in [-0.39, 0.29) is 0 Å². The van der Waals surface area contributed by atoms with Gasteiger partial charge >= 0.3 is 0 Å². The van der Waals surface area contributed by atoms with Crippen LogP contribution in [0.3, 0.4) is 0 Å². The fourth-order valence-corrected chi connectivity index (χ4v) is 7.78. The molecule has 8 aromatic carbocycles. The summed E-state index contributed by atoms with van der Waals surface area (Å²) in [7, 11) is 0. The van der Waals surface area contributed by atoms with Crippen molar-refractivity contribution >= 4 is 65.0 Å². The van der Waals surface area contributed by atoms with E-state index in [0.717, 1.165) is 50.3 Å². The van der Waals surface area contributed by atoms with Crippen molar-refractivity contribution in [2.24, 2.45) is 0 Å². The maximum absolute atomic E-state index is 6.22. The molecule has 0 radical (unpaired) electrons. The van der Waals surface area contributed by atoms with Crippen molar-refractivity contribution < 1.29 is 4.74 Å². The first-order chi connectivity index (χ1) is 23.8. The molecule has 0 atom stereocenters. The Kier molecular flexibility index (Phi) is 5.00. The molecular weight excluding hydrogens is 587 g/mol. The summed E-state index contributed by atoms with van der Waals surface area (Å²) in [5.41, 5.74) is 7.17. The third-order valence-electron chi connectivity index (χ3n) is 9.81. The second-order valence-electron chi connectivity index (χ2n) is 12.4. The lowest BCUT2D eigenvalue weighted by Crippen LogP contribution is -2.02. The second-order valence-corrected chi connectivity index (χ2v) is 12.4. The lowest BCUT2D eigenvalue weighted by Gasteiger charge is -2.20. The molecule has 0 spiro atoms. The van der Waals surface area contributed by atoms with E-state index in [1.54, 1.807) is 0 Å². The van der Waals surface area contributed by atoms with Gasteiger partial charge in [0.05, 0.1) is 27.6 Å². The lowest BCUT2D eigenvalue weighted by molar-refractivity contribution is 0.486. The van der Waals surface area contributed by atoms with Crippen LogP contribution < -0.4 is 4.74 Å². The summed E-state index contributed by atoms with van der Waals surface area (Å²) in [4.78, 5) is 10.1. The van der Waals surface area contributed by atoms with E-state index in [0.29, 0.717) is 5.82 Å². The molecule has 0 bridgehead atoms. The van der Waals surface area contributed by atoms with Crippen LogP contribution in [0.15, 0.2) is 140 Å². The SMILES string of the molecule is c1ccc2c(c#1)ccc1c2c2ccccc2c2c1c1ccccc1n2-c1ccc(-c2nc3c4c(cccc4n2)Oc2ccccc2-3)cc1. The molecule has 0 N–H and O–H groups in total. The summed E-state index contributed by atoms with van der Waals surface area (Å²) in [5, 5.41) is 10.6. The zero-order chi connectivity index (χ0) is 31.3. The molecule has 1 aliphatic rings. The summed E-state index contributed by atoms with van der Waals surface area (Å²) in [6.45, 7) is 0. The quantitative estimate of drug-likeness (QED) is 0.183. The number of nitrogens with zero attached hydrogens (tertiary/aromatic N) is 3. The van der Waals surface area contributed by atoms with E-state index in [1.807, 2.05) is 42.5 Å². The van der Waals surface area contributed by atoms with E-state index in [1.165, 1.54) is 48.7 Å². The Morgan fingerprint density at radius 1 is 0.542 bits per heavy atom. The highest BCUT2D eigenvalue weighted by atomic mass is 16.5. The van der Waals surface area contributed by atoms with Crippen molar-refractivity contribution in [1.82, 2.24) is 14.5 Å². The van der Waals surface area contributed by atoms with Gasteiger partial charge in [0.2, 0.25) is 0 Å². The van der Waals surface area contributed by atoms with Gasteiger partial charge in [0.1, 0.15) is 11.5 Å². The maximum Gasteiger partial charge on any atom is 0.160 e. The Morgan fingerprint density at radius 3 is 2.25 bits per heavy atom.